The van der Waals surface area contributed by atoms with Gasteiger partial charge in [-0.05, 0) is 41.5 Å². The summed E-state index contributed by atoms with van der Waals surface area (Å²) in [5.41, 5.74) is 2.60. The number of nitrogens with one attached hydrogen (secondary N) is 1. The molecule has 244 valence electrons. The van der Waals surface area contributed by atoms with Gasteiger partial charge in [-0.3, -0.25) is 9.59 Å². The van der Waals surface area contributed by atoms with Gasteiger partial charge in [-0.1, -0.05) is 58.0 Å². The van der Waals surface area contributed by atoms with Gasteiger partial charge in [0.1, 0.15) is 29.3 Å². The first kappa shape index (κ1) is 30.9. The van der Waals surface area contributed by atoms with Crippen molar-refractivity contribution in [2.75, 3.05) is 12.4 Å². The maximum atomic E-state index is 14.1. The van der Waals surface area contributed by atoms with Gasteiger partial charge in [0.25, 0.3) is 0 Å². The number of para-hydroxylation sites is 1. The van der Waals surface area contributed by atoms with Gasteiger partial charge in [-0.2, -0.15) is 0 Å². The lowest BCUT2D eigenvalue weighted by Crippen LogP contribution is -2.40. The molecule has 2 N–H and O–H groups in total. The third-order valence-corrected chi connectivity index (χ3v) is 9.74. The molecule has 4 aromatic rings. The second-order valence-electron chi connectivity index (χ2n) is 13.4. The zero-order chi connectivity index (χ0) is 33.2. The number of carbonyl (C=O) groups excluding carboxylic acids is 3. The number of Topliss-reactive ketones (excluding diaryl/α,β-unsaturated/α-hetero) is 2. The first-order valence-electron chi connectivity index (χ1n) is 16.0. The largest absolute Gasteiger partial charge is 0.469 e. The van der Waals surface area contributed by atoms with E-state index in [0.717, 1.165) is 22.4 Å². The Balaban J connectivity index is 1.48. The lowest BCUT2D eigenvalue weighted by Gasteiger charge is -2.28. The van der Waals surface area contributed by atoms with Crippen molar-refractivity contribution in [1.82, 2.24) is 9.97 Å². The highest BCUT2D eigenvalue weighted by Gasteiger charge is 2.61. The third-order valence-electron chi connectivity index (χ3n) is 9.74. The summed E-state index contributed by atoms with van der Waals surface area (Å²) >= 11 is 0. The maximum Gasteiger partial charge on any atom is 0.360 e. The molecule has 47 heavy (non-hydrogen) atoms. The molecule has 3 aliphatic rings. The molecule has 0 amide bonds. The number of fused-ring (bicyclic) bond motifs is 4. The number of esters is 1. The van der Waals surface area contributed by atoms with Gasteiger partial charge in [0, 0.05) is 35.9 Å². The Hall–Kier alpha value is -4.77. The molecule has 1 unspecified atom stereocenters. The van der Waals surface area contributed by atoms with Crippen LogP contribution in [0.15, 0.2) is 57.6 Å². The summed E-state index contributed by atoms with van der Waals surface area (Å²) in [5.74, 6) is -1.19. The number of oxazole rings is 2. The quantitative estimate of drug-likeness (QED) is 0.248. The summed E-state index contributed by atoms with van der Waals surface area (Å²) in [7, 11) is 1.27. The van der Waals surface area contributed by atoms with Gasteiger partial charge in [-0.15, -0.1) is 0 Å². The van der Waals surface area contributed by atoms with E-state index in [4.69, 9.17) is 23.3 Å². The number of carbonyl (C=O) groups is 3. The lowest BCUT2D eigenvalue weighted by atomic mass is 9.72. The van der Waals surface area contributed by atoms with Crippen LogP contribution in [0, 0.1) is 17.8 Å². The average molecular weight is 640 g/mol. The van der Waals surface area contributed by atoms with Crippen molar-refractivity contribution in [3.05, 3.63) is 82.8 Å². The average Bonchev–Trinajstić information content (AvgIpc) is 3.83. The first-order chi connectivity index (χ1) is 22.5. The summed E-state index contributed by atoms with van der Waals surface area (Å²) in [5, 5.41) is 14.1. The molecule has 5 atom stereocenters. The van der Waals surface area contributed by atoms with Crippen LogP contribution >= 0.6 is 0 Å². The minimum absolute atomic E-state index is 0.0213. The molecule has 0 aliphatic carbocycles. The van der Waals surface area contributed by atoms with Gasteiger partial charge in [0.15, 0.2) is 35.0 Å². The molecule has 0 saturated heterocycles. The second-order valence-corrected chi connectivity index (χ2v) is 13.4. The van der Waals surface area contributed by atoms with E-state index in [1.165, 1.54) is 13.4 Å². The van der Waals surface area contributed by atoms with Crippen molar-refractivity contribution >= 4 is 23.2 Å². The van der Waals surface area contributed by atoms with Gasteiger partial charge in [0.05, 0.1) is 7.11 Å². The van der Waals surface area contributed by atoms with Crippen molar-refractivity contribution in [1.29, 1.82) is 0 Å². The van der Waals surface area contributed by atoms with E-state index in [9.17, 15) is 19.5 Å². The van der Waals surface area contributed by atoms with E-state index in [1.54, 1.807) is 13.8 Å². The highest BCUT2D eigenvalue weighted by atomic mass is 16.5. The van der Waals surface area contributed by atoms with E-state index in [2.05, 4.69) is 10.3 Å². The molecule has 2 aromatic heterocycles. The highest BCUT2D eigenvalue weighted by molar-refractivity contribution is 5.91. The summed E-state index contributed by atoms with van der Waals surface area (Å²) in [6.45, 7) is 7.54. The van der Waals surface area contributed by atoms with Crippen LogP contribution in [0.4, 0.5) is 5.69 Å². The molecule has 2 aromatic carbocycles. The number of methoxy groups -OCH3 is 1. The normalized spacial score (nSPS) is 23.3. The monoisotopic (exact) mass is 639 g/mol. The minimum atomic E-state index is -1.16. The maximum absolute atomic E-state index is 14.1. The zero-order valence-electron chi connectivity index (χ0n) is 26.9. The Morgan fingerprint density at radius 1 is 1.09 bits per heavy atom. The second kappa shape index (κ2) is 11.5. The van der Waals surface area contributed by atoms with E-state index in [-0.39, 0.29) is 53.5 Å². The molecular weight excluding hydrogens is 602 g/mol. The number of aliphatic hydroxyl groups excluding tert-OH is 1. The predicted molar refractivity (Wildman–Crippen MR) is 169 cm³/mol. The van der Waals surface area contributed by atoms with Crippen LogP contribution in [0.5, 0.6) is 5.75 Å². The number of aliphatic hydroxyl groups is 1. The molecule has 4 bridgehead atoms. The third kappa shape index (κ3) is 4.86. The summed E-state index contributed by atoms with van der Waals surface area (Å²) in [4.78, 5) is 49.1. The van der Waals surface area contributed by atoms with Gasteiger partial charge < -0.3 is 28.7 Å². The summed E-state index contributed by atoms with van der Waals surface area (Å²) < 4.78 is 24.1. The number of ketones is 2. The van der Waals surface area contributed by atoms with Gasteiger partial charge >= 0.3 is 5.97 Å². The number of hydrogen-bond donors (Lipinski definition) is 2. The molecule has 11 heteroatoms. The van der Waals surface area contributed by atoms with Crippen LogP contribution in [0.1, 0.15) is 85.3 Å². The Morgan fingerprint density at radius 3 is 2.62 bits per heavy atom. The van der Waals surface area contributed by atoms with E-state index < -0.39 is 35.6 Å². The number of nitrogens with zero attached hydrogens (tertiary/aromatic N) is 2. The van der Waals surface area contributed by atoms with Crippen molar-refractivity contribution < 1.29 is 37.8 Å². The molecular formula is C36H37N3O8. The van der Waals surface area contributed by atoms with Crippen LogP contribution < -0.4 is 10.1 Å². The molecule has 7 rings (SSSR count). The van der Waals surface area contributed by atoms with Crippen molar-refractivity contribution in [2.24, 2.45) is 17.8 Å². The Kier molecular flexibility index (Phi) is 7.54. The molecule has 3 aliphatic heterocycles. The molecule has 0 fully saturated rings. The number of hydrogen-bond acceptors (Lipinski definition) is 11. The fraction of sp³-hybridized carbons (Fsp3) is 0.417. The number of benzene rings is 2. The Bertz CT molecular complexity index is 1890. The van der Waals surface area contributed by atoms with Gasteiger partial charge in [0.2, 0.25) is 5.89 Å². The van der Waals surface area contributed by atoms with Crippen molar-refractivity contribution in [2.45, 2.75) is 70.6 Å². The fourth-order valence-corrected chi connectivity index (χ4v) is 7.15. The van der Waals surface area contributed by atoms with Crippen LogP contribution in [-0.2, 0) is 26.2 Å². The lowest BCUT2D eigenvalue weighted by molar-refractivity contribution is -0.134. The van der Waals surface area contributed by atoms with E-state index >= 15 is 0 Å². The standard InChI is InChI=1S/C36H37N3O8/c1-17(2)21-15-26(40)20(14-27(41)30(42)18(3)4)12-19-10-11-28-23(13-19)36(22-8-6-7-9-24(22)38-35(36)46-28)31-29(39-32(21)47-31)33-37-25(16-45-33)34(43)44-5/h6-11,13,16-18,20-21,30,35,38,42H,12,14-15H2,1-5H3/t20-,21+,30+,35?,36-/m1/s1. The van der Waals surface area contributed by atoms with Crippen LogP contribution in [-0.4, -0.2) is 52.1 Å². The summed E-state index contributed by atoms with van der Waals surface area (Å²) in [6, 6.07) is 13.7. The first-order valence-corrected chi connectivity index (χ1v) is 16.0. The van der Waals surface area contributed by atoms with Crippen molar-refractivity contribution in [3.63, 3.8) is 0 Å². The number of aromatic nitrogens is 2. The van der Waals surface area contributed by atoms with Crippen molar-refractivity contribution in [3.8, 4) is 17.3 Å². The zero-order valence-corrected chi connectivity index (χ0v) is 26.9. The molecule has 1 spiro atoms. The summed E-state index contributed by atoms with van der Waals surface area (Å²) in [6.07, 6.45) is -0.263. The van der Waals surface area contributed by atoms with Crippen LogP contribution in [0.2, 0.25) is 0 Å². The van der Waals surface area contributed by atoms with Crippen LogP contribution in [0.3, 0.4) is 0 Å². The number of ether oxygens (including phenoxy) is 2. The number of rotatable bonds is 7. The van der Waals surface area contributed by atoms with E-state index in [0.29, 0.717) is 23.8 Å². The topological polar surface area (TPSA) is 154 Å². The Labute approximate surface area is 271 Å². The van der Waals surface area contributed by atoms with Crippen LogP contribution in [0.25, 0.3) is 11.6 Å². The molecule has 0 radical (unpaired) electrons. The fourth-order valence-electron chi connectivity index (χ4n) is 7.15. The minimum Gasteiger partial charge on any atom is -0.469 e. The highest BCUT2D eigenvalue weighted by Crippen LogP contribution is 2.59. The van der Waals surface area contributed by atoms with E-state index in [1.807, 2.05) is 56.3 Å². The van der Waals surface area contributed by atoms with Gasteiger partial charge in [-0.25, -0.2) is 14.8 Å². The smallest absolute Gasteiger partial charge is 0.360 e. The molecule has 0 saturated carbocycles. The molecule has 5 heterocycles. The predicted octanol–water partition coefficient (Wildman–Crippen LogP) is 5.44. The number of anilines is 1. The Morgan fingerprint density at radius 2 is 1.87 bits per heavy atom. The molecule has 11 nitrogen and oxygen atoms in total. The SMILES string of the molecule is COC(=O)c1coc(-c2nc3oc2[C@]24c5ccccc5NC2Oc2ccc(cc24)C[C@H](CC(=O)[C@@H](O)C(C)C)C(=O)C[C@H]3C(C)C)n1.